The molecular formula is C31H35NO3. The van der Waals surface area contributed by atoms with Crippen molar-refractivity contribution in [3.63, 3.8) is 0 Å². The van der Waals surface area contributed by atoms with Gasteiger partial charge in [0.2, 0.25) is 0 Å². The highest BCUT2D eigenvalue weighted by molar-refractivity contribution is 6.01. The largest absolute Gasteiger partial charge is 0.497 e. The maximum atomic E-state index is 6.44. The lowest BCUT2D eigenvalue weighted by Gasteiger charge is -2.36. The van der Waals surface area contributed by atoms with Gasteiger partial charge < -0.3 is 14.2 Å². The van der Waals surface area contributed by atoms with E-state index in [0.29, 0.717) is 6.61 Å². The molecule has 2 heterocycles. The third-order valence-electron chi connectivity index (χ3n) is 6.89. The van der Waals surface area contributed by atoms with Crippen LogP contribution in [0.4, 0.5) is 0 Å². The van der Waals surface area contributed by atoms with E-state index in [1.807, 2.05) is 12.1 Å². The van der Waals surface area contributed by atoms with Gasteiger partial charge in [0.1, 0.15) is 29.5 Å². The standard InChI is InChI=1S/C31H35NO3/c1-31(2)22-27(25-16-15-24(33-3)21-29(25)35-31)30(23-11-5-4-6-12-23)26-13-7-8-14-28(26)34-20-19-32-17-9-10-18-32/h4-8,11-16,21H,9-10,17-20,22H2,1-3H3/b30-27-. The first-order chi connectivity index (χ1) is 17.0. The lowest BCUT2D eigenvalue weighted by atomic mass is 9.81. The van der Waals surface area contributed by atoms with Crippen LogP contribution in [0.3, 0.4) is 0 Å². The van der Waals surface area contributed by atoms with Crippen molar-refractivity contribution >= 4 is 11.1 Å². The fraction of sp³-hybridized carbons (Fsp3) is 0.355. The molecule has 0 spiro atoms. The second-order valence-electron chi connectivity index (χ2n) is 10.0. The number of hydrogen-bond acceptors (Lipinski definition) is 4. The first-order valence-corrected chi connectivity index (χ1v) is 12.6. The number of para-hydroxylation sites is 1. The zero-order valence-corrected chi connectivity index (χ0v) is 21.0. The number of ether oxygens (including phenoxy) is 3. The van der Waals surface area contributed by atoms with Gasteiger partial charge >= 0.3 is 0 Å². The van der Waals surface area contributed by atoms with E-state index in [1.165, 1.54) is 42.6 Å². The molecule has 2 aliphatic heterocycles. The molecule has 1 fully saturated rings. The van der Waals surface area contributed by atoms with Crippen molar-refractivity contribution in [3.05, 3.63) is 89.5 Å². The van der Waals surface area contributed by atoms with E-state index in [-0.39, 0.29) is 5.60 Å². The lowest BCUT2D eigenvalue weighted by molar-refractivity contribution is 0.107. The summed E-state index contributed by atoms with van der Waals surface area (Å²) in [5.74, 6) is 2.58. The number of benzene rings is 3. The van der Waals surface area contributed by atoms with E-state index >= 15 is 0 Å². The molecule has 0 bridgehead atoms. The predicted octanol–water partition coefficient (Wildman–Crippen LogP) is 6.69. The quantitative estimate of drug-likeness (QED) is 0.386. The molecule has 3 aromatic rings. The molecule has 1 saturated heterocycles. The van der Waals surface area contributed by atoms with E-state index < -0.39 is 0 Å². The van der Waals surface area contributed by atoms with Gasteiger partial charge in [0.05, 0.1) is 7.11 Å². The van der Waals surface area contributed by atoms with Gasteiger partial charge in [0.25, 0.3) is 0 Å². The summed E-state index contributed by atoms with van der Waals surface area (Å²) in [6.45, 7) is 8.32. The highest BCUT2D eigenvalue weighted by atomic mass is 16.5. The third-order valence-corrected chi connectivity index (χ3v) is 6.89. The average molecular weight is 470 g/mol. The van der Waals surface area contributed by atoms with Gasteiger partial charge in [-0.15, -0.1) is 0 Å². The van der Waals surface area contributed by atoms with Gasteiger partial charge in [-0.05, 0) is 74.7 Å². The van der Waals surface area contributed by atoms with Crippen LogP contribution in [-0.4, -0.2) is 43.9 Å². The topological polar surface area (TPSA) is 30.9 Å². The molecule has 0 atom stereocenters. The highest BCUT2D eigenvalue weighted by Crippen LogP contribution is 2.47. The second-order valence-corrected chi connectivity index (χ2v) is 10.0. The molecule has 182 valence electrons. The molecule has 3 aromatic carbocycles. The minimum absolute atomic E-state index is 0.347. The van der Waals surface area contributed by atoms with Crippen LogP contribution in [0.2, 0.25) is 0 Å². The first-order valence-electron chi connectivity index (χ1n) is 12.6. The molecule has 0 radical (unpaired) electrons. The van der Waals surface area contributed by atoms with Crippen molar-refractivity contribution in [1.29, 1.82) is 0 Å². The van der Waals surface area contributed by atoms with Crippen LogP contribution in [0.5, 0.6) is 17.2 Å². The Morgan fingerprint density at radius 2 is 1.69 bits per heavy atom. The number of hydrogen-bond donors (Lipinski definition) is 0. The van der Waals surface area contributed by atoms with Crippen LogP contribution < -0.4 is 14.2 Å². The molecule has 4 heteroatoms. The monoisotopic (exact) mass is 469 g/mol. The number of rotatable bonds is 7. The Morgan fingerprint density at radius 1 is 0.943 bits per heavy atom. The van der Waals surface area contributed by atoms with E-state index in [0.717, 1.165) is 41.3 Å². The molecule has 5 rings (SSSR count). The van der Waals surface area contributed by atoms with Gasteiger partial charge in [-0.2, -0.15) is 0 Å². The van der Waals surface area contributed by atoms with Crippen LogP contribution in [0.25, 0.3) is 11.1 Å². The van der Waals surface area contributed by atoms with Gasteiger partial charge in [-0.1, -0.05) is 48.5 Å². The average Bonchev–Trinajstić information content (AvgIpc) is 3.38. The Balaban J connectivity index is 1.63. The Bertz CT molecular complexity index is 1190. The van der Waals surface area contributed by atoms with Crippen molar-refractivity contribution in [1.82, 2.24) is 4.90 Å². The van der Waals surface area contributed by atoms with E-state index in [9.17, 15) is 0 Å². The number of fused-ring (bicyclic) bond motifs is 1. The van der Waals surface area contributed by atoms with Crippen LogP contribution >= 0.6 is 0 Å². The summed E-state index contributed by atoms with van der Waals surface area (Å²) in [6, 6.07) is 25.2. The SMILES string of the molecule is COc1ccc2c(c1)OC(C)(C)C/C2=C(\c1ccccc1)c1ccccc1OCCN1CCCC1. The van der Waals surface area contributed by atoms with Crippen LogP contribution in [0.1, 0.15) is 49.8 Å². The van der Waals surface area contributed by atoms with Crippen molar-refractivity contribution in [2.24, 2.45) is 0 Å². The number of methoxy groups -OCH3 is 1. The molecule has 2 aliphatic rings. The van der Waals surface area contributed by atoms with Gasteiger partial charge in [-0.3, -0.25) is 4.90 Å². The minimum atomic E-state index is -0.347. The summed E-state index contributed by atoms with van der Waals surface area (Å²) >= 11 is 0. The molecular weight excluding hydrogens is 434 g/mol. The maximum absolute atomic E-state index is 6.44. The molecule has 4 nitrogen and oxygen atoms in total. The molecule has 0 unspecified atom stereocenters. The van der Waals surface area contributed by atoms with Gasteiger partial charge in [0.15, 0.2) is 0 Å². The summed E-state index contributed by atoms with van der Waals surface area (Å²) in [4.78, 5) is 2.49. The highest BCUT2D eigenvalue weighted by Gasteiger charge is 2.33. The zero-order chi connectivity index (χ0) is 24.3. The summed E-state index contributed by atoms with van der Waals surface area (Å²) in [5, 5.41) is 0. The minimum Gasteiger partial charge on any atom is -0.497 e. The smallest absolute Gasteiger partial charge is 0.131 e. The van der Waals surface area contributed by atoms with Crippen LogP contribution in [-0.2, 0) is 0 Å². The van der Waals surface area contributed by atoms with Crippen molar-refractivity contribution in [2.45, 2.75) is 38.7 Å². The van der Waals surface area contributed by atoms with E-state index in [1.54, 1.807) is 7.11 Å². The summed E-state index contributed by atoms with van der Waals surface area (Å²) in [5.41, 5.74) is 5.52. The Hall–Kier alpha value is -3.24. The Labute approximate surface area is 209 Å². The normalized spacial score (nSPS) is 18.5. The predicted molar refractivity (Wildman–Crippen MR) is 142 cm³/mol. The van der Waals surface area contributed by atoms with Crippen molar-refractivity contribution in [3.8, 4) is 17.2 Å². The van der Waals surface area contributed by atoms with Crippen LogP contribution in [0, 0.1) is 0 Å². The summed E-state index contributed by atoms with van der Waals surface area (Å²) < 4.78 is 18.4. The van der Waals surface area contributed by atoms with E-state index in [4.69, 9.17) is 14.2 Å². The Kier molecular flexibility index (Phi) is 6.83. The number of nitrogens with zero attached hydrogens (tertiary/aromatic N) is 1. The molecule has 0 amide bonds. The first kappa shape index (κ1) is 23.5. The van der Waals surface area contributed by atoms with Gasteiger partial charge in [-0.25, -0.2) is 0 Å². The van der Waals surface area contributed by atoms with Crippen LogP contribution in [0.15, 0.2) is 72.8 Å². The van der Waals surface area contributed by atoms with Crippen molar-refractivity contribution in [2.75, 3.05) is 33.4 Å². The van der Waals surface area contributed by atoms with E-state index in [2.05, 4.69) is 79.4 Å². The second kappa shape index (κ2) is 10.2. The lowest BCUT2D eigenvalue weighted by Crippen LogP contribution is -2.32. The fourth-order valence-corrected chi connectivity index (χ4v) is 5.23. The fourth-order valence-electron chi connectivity index (χ4n) is 5.23. The maximum Gasteiger partial charge on any atom is 0.131 e. The summed E-state index contributed by atoms with van der Waals surface area (Å²) in [7, 11) is 1.69. The molecule has 0 saturated carbocycles. The molecule has 35 heavy (non-hydrogen) atoms. The third kappa shape index (κ3) is 5.23. The molecule has 0 N–H and O–H groups in total. The molecule has 0 aromatic heterocycles. The van der Waals surface area contributed by atoms with Gasteiger partial charge in [0, 0.05) is 30.2 Å². The summed E-state index contributed by atoms with van der Waals surface area (Å²) in [6.07, 6.45) is 3.38. The Morgan fingerprint density at radius 3 is 2.46 bits per heavy atom. The molecule has 0 aliphatic carbocycles. The van der Waals surface area contributed by atoms with Crippen molar-refractivity contribution < 1.29 is 14.2 Å². The zero-order valence-electron chi connectivity index (χ0n) is 21.0. The number of likely N-dealkylation sites (tertiary alicyclic amines) is 1.